The first kappa shape index (κ1) is 18.1. The Hall–Kier alpha value is -3.32. The van der Waals surface area contributed by atoms with Crippen molar-refractivity contribution in [3.8, 4) is 11.1 Å². The Morgan fingerprint density at radius 2 is 1.86 bits per heavy atom. The molecule has 1 aliphatic carbocycles. The maximum absolute atomic E-state index is 11.8. The van der Waals surface area contributed by atoms with Crippen molar-refractivity contribution in [1.29, 1.82) is 0 Å². The van der Waals surface area contributed by atoms with E-state index in [0.29, 0.717) is 16.9 Å². The number of hydrogen-bond donors (Lipinski definition) is 5. The molecule has 7 nitrogen and oxygen atoms in total. The first-order chi connectivity index (χ1) is 13.4. The minimum absolute atomic E-state index is 0.211. The van der Waals surface area contributed by atoms with Crippen LogP contribution >= 0.6 is 0 Å². The highest BCUT2D eigenvalue weighted by atomic mass is 16.2. The van der Waals surface area contributed by atoms with Crippen LogP contribution in [0.3, 0.4) is 0 Å². The average molecular weight is 377 g/mol. The van der Waals surface area contributed by atoms with Gasteiger partial charge in [0, 0.05) is 23.0 Å². The molecule has 1 aromatic heterocycles. The van der Waals surface area contributed by atoms with Crippen molar-refractivity contribution in [2.24, 2.45) is 11.5 Å². The summed E-state index contributed by atoms with van der Waals surface area (Å²) < 4.78 is 0. The molecule has 0 aliphatic heterocycles. The summed E-state index contributed by atoms with van der Waals surface area (Å²) >= 11 is 0. The summed E-state index contributed by atoms with van der Waals surface area (Å²) in [5, 5.41) is 6.67. The molecule has 1 heterocycles. The highest BCUT2D eigenvalue weighted by Gasteiger charge is 2.23. The zero-order valence-electron chi connectivity index (χ0n) is 15.6. The number of amides is 3. The van der Waals surface area contributed by atoms with Gasteiger partial charge in [0.2, 0.25) is 0 Å². The molecule has 0 saturated heterocycles. The monoisotopic (exact) mass is 377 g/mol. The predicted molar refractivity (Wildman–Crippen MR) is 110 cm³/mol. The van der Waals surface area contributed by atoms with E-state index in [2.05, 4.69) is 40.7 Å². The Bertz CT molecular complexity index is 1070. The lowest BCUT2D eigenvalue weighted by Crippen LogP contribution is -2.22. The third-order valence-corrected chi connectivity index (χ3v) is 5.08. The van der Waals surface area contributed by atoms with E-state index in [0.717, 1.165) is 11.1 Å². The molecule has 0 spiro atoms. The summed E-state index contributed by atoms with van der Waals surface area (Å²) in [6, 6.07) is 14.2. The standard InChI is InChI=1S/C21H23N5O2/c1-11(24-15-6-7-15)12-3-2-4-13(9-12)14-5-8-16-17(10-14)25-20(26-21(23)28)18(16)19(22)27/h2-5,8-11,15,24-25H,6-7H2,1H3,(H2,22,27)(H3,23,26,28). The van der Waals surface area contributed by atoms with Crippen molar-refractivity contribution in [3.05, 3.63) is 53.6 Å². The van der Waals surface area contributed by atoms with Gasteiger partial charge < -0.3 is 21.8 Å². The molecule has 7 heteroatoms. The first-order valence-corrected chi connectivity index (χ1v) is 9.30. The van der Waals surface area contributed by atoms with Crippen molar-refractivity contribution in [2.75, 3.05) is 5.32 Å². The summed E-state index contributed by atoms with van der Waals surface area (Å²) in [6.45, 7) is 2.17. The molecule has 144 valence electrons. The first-order valence-electron chi connectivity index (χ1n) is 9.30. The Kier molecular flexibility index (Phi) is 4.52. The summed E-state index contributed by atoms with van der Waals surface area (Å²) in [5.74, 6) is -0.423. The van der Waals surface area contributed by atoms with Gasteiger partial charge in [-0.1, -0.05) is 30.3 Å². The molecule has 3 amide bonds. The van der Waals surface area contributed by atoms with Gasteiger partial charge in [0.15, 0.2) is 0 Å². The fourth-order valence-electron chi connectivity index (χ4n) is 3.54. The number of urea groups is 1. The summed E-state index contributed by atoms with van der Waals surface area (Å²) in [7, 11) is 0. The second kappa shape index (κ2) is 7.01. The fraction of sp³-hybridized carbons (Fsp3) is 0.238. The minimum atomic E-state index is -0.765. The van der Waals surface area contributed by atoms with E-state index in [1.165, 1.54) is 18.4 Å². The number of carbonyl (C=O) groups is 2. The number of hydrogen-bond acceptors (Lipinski definition) is 3. The van der Waals surface area contributed by atoms with Crippen LogP contribution in [-0.2, 0) is 0 Å². The van der Waals surface area contributed by atoms with E-state index in [4.69, 9.17) is 11.5 Å². The summed E-state index contributed by atoms with van der Waals surface area (Å²) in [6.07, 6.45) is 2.49. The Morgan fingerprint density at radius 1 is 1.11 bits per heavy atom. The lowest BCUT2D eigenvalue weighted by molar-refractivity contribution is 0.100. The van der Waals surface area contributed by atoms with Crippen molar-refractivity contribution < 1.29 is 9.59 Å². The van der Waals surface area contributed by atoms with Gasteiger partial charge in [-0.2, -0.15) is 0 Å². The Morgan fingerprint density at radius 3 is 2.54 bits per heavy atom. The van der Waals surface area contributed by atoms with Gasteiger partial charge in [0.25, 0.3) is 5.91 Å². The van der Waals surface area contributed by atoms with Crippen LogP contribution in [0.2, 0.25) is 0 Å². The molecule has 1 fully saturated rings. The number of primary amides is 2. The average Bonchev–Trinajstić information content (AvgIpc) is 3.39. The largest absolute Gasteiger partial charge is 0.365 e. The van der Waals surface area contributed by atoms with Crippen molar-refractivity contribution in [3.63, 3.8) is 0 Å². The van der Waals surface area contributed by atoms with Gasteiger partial charge in [0.1, 0.15) is 5.82 Å². The Balaban J connectivity index is 1.71. The smallest absolute Gasteiger partial charge is 0.317 e. The summed E-state index contributed by atoms with van der Waals surface area (Å²) in [5.41, 5.74) is 14.9. The van der Waals surface area contributed by atoms with E-state index < -0.39 is 11.9 Å². The lowest BCUT2D eigenvalue weighted by atomic mass is 9.99. The molecule has 1 atom stereocenters. The van der Waals surface area contributed by atoms with Crippen LogP contribution in [0.15, 0.2) is 42.5 Å². The molecular weight excluding hydrogens is 354 g/mol. The number of carbonyl (C=O) groups excluding carboxylic acids is 2. The van der Waals surface area contributed by atoms with Gasteiger partial charge in [0.05, 0.1) is 5.56 Å². The van der Waals surface area contributed by atoms with E-state index >= 15 is 0 Å². The highest BCUT2D eigenvalue weighted by Crippen LogP contribution is 2.31. The van der Waals surface area contributed by atoms with Gasteiger partial charge in [-0.25, -0.2) is 4.79 Å². The zero-order valence-corrected chi connectivity index (χ0v) is 15.6. The van der Waals surface area contributed by atoms with Crippen molar-refractivity contribution in [2.45, 2.75) is 31.8 Å². The van der Waals surface area contributed by atoms with Gasteiger partial charge in [-0.3, -0.25) is 10.1 Å². The van der Waals surface area contributed by atoms with Crippen molar-refractivity contribution in [1.82, 2.24) is 10.3 Å². The van der Waals surface area contributed by atoms with Gasteiger partial charge >= 0.3 is 6.03 Å². The molecule has 28 heavy (non-hydrogen) atoms. The van der Waals surface area contributed by atoms with Gasteiger partial charge in [-0.15, -0.1) is 0 Å². The third kappa shape index (κ3) is 3.57. The number of rotatable bonds is 6. The third-order valence-electron chi connectivity index (χ3n) is 5.08. The molecule has 1 unspecified atom stereocenters. The molecule has 1 saturated carbocycles. The normalized spacial score (nSPS) is 14.8. The zero-order chi connectivity index (χ0) is 19.8. The topological polar surface area (TPSA) is 126 Å². The number of nitrogens with two attached hydrogens (primary N) is 2. The van der Waals surface area contributed by atoms with E-state index in [1.807, 2.05) is 24.3 Å². The number of aromatic nitrogens is 1. The van der Waals surface area contributed by atoms with Crippen molar-refractivity contribution >= 4 is 28.7 Å². The second-order valence-corrected chi connectivity index (χ2v) is 7.28. The molecule has 3 aromatic rings. The number of aromatic amines is 1. The number of H-pyrrole nitrogens is 1. The Labute approximate surface area is 162 Å². The summed E-state index contributed by atoms with van der Waals surface area (Å²) in [4.78, 5) is 26.1. The van der Waals surface area contributed by atoms with Gasteiger partial charge in [-0.05, 0) is 48.6 Å². The molecular formula is C21H23N5O2. The number of nitrogens with one attached hydrogen (secondary N) is 3. The number of anilines is 1. The van der Waals surface area contributed by atoms with Crippen LogP contribution in [0.5, 0.6) is 0 Å². The lowest BCUT2D eigenvalue weighted by Gasteiger charge is -2.15. The van der Waals surface area contributed by atoms with Crippen LogP contribution in [0.25, 0.3) is 22.0 Å². The van der Waals surface area contributed by atoms with E-state index in [1.54, 1.807) is 0 Å². The number of fused-ring (bicyclic) bond motifs is 1. The predicted octanol–water partition coefficient (Wildman–Crippen LogP) is 3.24. The maximum Gasteiger partial charge on any atom is 0.317 e. The molecule has 7 N–H and O–H groups in total. The molecule has 0 bridgehead atoms. The molecule has 2 aromatic carbocycles. The number of benzene rings is 2. The molecule has 4 rings (SSSR count). The second-order valence-electron chi connectivity index (χ2n) is 7.28. The quantitative estimate of drug-likeness (QED) is 0.452. The fourth-order valence-corrected chi connectivity index (χ4v) is 3.54. The van der Waals surface area contributed by atoms with Crippen LogP contribution < -0.4 is 22.1 Å². The maximum atomic E-state index is 11.8. The molecule has 1 aliphatic rings. The highest BCUT2D eigenvalue weighted by molar-refractivity contribution is 6.13. The van der Waals surface area contributed by atoms with E-state index in [-0.39, 0.29) is 17.4 Å². The van der Waals surface area contributed by atoms with Crippen LogP contribution in [0, 0.1) is 0 Å². The van der Waals surface area contributed by atoms with Crippen LogP contribution in [0.1, 0.15) is 41.7 Å². The SMILES string of the molecule is CC(NC1CC1)c1cccc(-c2ccc3c(C(N)=O)c(NC(N)=O)[nH]c3c2)c1. The van der Waals surface area contributed by atoms with Crippen LogP contribution in [0.4, 0.5) is 10.6 Å². The minimum Gasteiger partial charge on any atom is -0.365 e. The van der Waals surface area contributed by atoms with Crippen LogP contribution in [-0.4, -0.2) is 23.0 Å². The van der Waals surface area contributed by atoms with E-state index in [9.17, 15) is 9.59 Å². The molecule has 0 radical (unpaired) electrons.